The van der Waals surface area contributed by atoms with Crippen LogP contribution in [-0.2, 0) is 9.59 Å². The number of hydrogen-bond acceptors (Lipinski definition) is 2. The molecule has 21 heavy (non-hydrogen) atoms. The van der Waals surface area contributed by atoms with E-state index in [0.717, 1.165) is 12.8 Å². The van der Waals surface area contributed by atoms with Gasteiger partial charge in [0.25, 0.3) is 0 Å². The molecular formula is C15H16BrFN2O2. The highest BCUT2D eigenvalue weighted by molar-refractivity contribution is 9.10. The van der Waals surface area contributed by atoms with Gasteiger partial charge in [-0.1, -0.05) is 0 Å². The molecule has 0 spiro atoms. The fourth-order valence-electron chi connectivity index (χ4n) is 3.06. The van der Waals surface area contributed by atoms with Crippen LogP contribution in [0.2, 0.25) is 0 Å². The van der Waals surface area contributed by atoms with Gasteiger partial charge in [-0.05, 0) is 53.4 Å². The van der Waals surface area contributed by atoms with Crippen LogP contribution in [-0.4, -0.2) is 35.8 Å². The molecule has 112 valence electrons. The van der Waals surface area contributed by atoms with E-state index in [1.807, 2.05) is 0 Å². The molecule has 2 saturated heterocycles. The van der Waals surface area contributed by atoms with Crippen LogP contribution in [0.5, 0.6) is 0 Å². The van der Waals surface area contributed by atoms with E-state index in [-0.39, 0.29) is 18.2 Å². The first kappa shape index (κ1) is 14.5. The number of nitrogens with zero attached hydrogens (tertiary/aromatic N) is 2. The summed E-state index contributed by atoms with van der Waals surface area (Å²) in [5.41, 5.74) is 0.500. The molecule has 1 unspecified atom stereocenters. The van der Waals surface area contributed by atoms with Crippen LogP contribution in [0.3, 0.4) is 0 Å². The summed E-state index contributed by atoms with van der Waals surface area (Å²) >= 11 is 3.36. The molecule has 0 aliphatic carbocycles. The van der Waals surface area contributed by atoms with Gasteiger partial charge in [0.15, 0.2) is 0 Å². The van der Waals surface area contributed by atoms with Crippen LogP contribution in [0.25, 0.3) is 0 Å². The van der Waals surface area contributed by atoms with E-state index >= 15 is 0 Å². The van der Waals surface area contributed by atoms with E-state index < -0.39 is 11.9 Å². The van der Waals surface area contributed by atoms with E-state index in [0.29, 0.717) is 29.7 Å². The van der Waals surface area contributed by atoms with Gasteiger partial charge < -0.3 is 9.80 Å². The maximum absolute atomic E-state index is 13.5. The Morgan fingerprint density at radius 3 is 2.81 bits per heavy atom. The number of carbonyl (C=O) groups is 2. The minimum absolute atomic E-state index is 0.0167. The lowest BCUT2D eigenvalue weighted by molar-refractivity contribution is -0.138. The van der Waals surface area contributed by atoms with Gasteiger partial charge in [-0.2, -0.15) is 0 Å². The highest BCUT2D eigenvalue weighted by Gasteiger charge is 2.38. The highest BCUT2D eigenvalue weighted by Crippen LogP contribution is 2.31. The predicted molar refractivity (Wildman–Crippen MR) is 80.4 cm³/mol. The van der Waals surface area contributed by atoms with Crippen LogP contribution < -0.4 is 4.90 Å². The molecule has 2 fully saturated rings. The summed E-state index contributed by atoms with van der Waals surface area (Å²) in [6.07, 6.45) is 2.86. The molecule has 0 bridgehead atoms. The second-order valence-corrected chi connectivity index (χ2v) is 6.29. The minimum Gasteiger partial charge on any atom is -0.331 e. The van der Waals surface area contributed by atoms with Crippen molar-refractivity contribution in [3.8, 4) is 0 Å². The molecule has 1 aromatic rings. The predicted octanol–water partition coefficient (Wildman–Crippen LogP) is 2.71. The molecule has 0 aromatic heterocycles. The first-order valence-corrected chi connectivity index (χ1v) is 7.93. The van der Waals surface area contributed by atoms with Gasteiger partial charge in [-0.25, -0.2) is 4.39 Å². The first-order valence-electron chi connectivity index (χ1n) is 7.14. The van der Waals surface area contributed by atoms with Crippen molar-refractivity contribution < 1.29 is 14.0 Å². The van der Waals surface area contributed by atoms with E-state index in [9.17, 15) is 14.0 Å². The molecule has 0 radical (unpaired) electrons. The van der Waals surface area contributed by atoms with Crippen LogP contribution in [0.4, 0.5) is 10.1 Å². The van der Waals surface area contributed by atoms with Gasteiger partial charge in [-0.3, -0.25) is 9.59 Å². The number of anilines is 1. The average Bonchev–Trinajstić information content (AvgIpc) is 2.61. The number of piperidine rings is 1. The molecule has 1 aromatic carbocycles. The third-order valence-corrected chi connectivity index (χ3v) is 4.79. The number of hydrogen-bond donors (Lipinski definition) is 0. The molecule has 4 nitrogen and oxygen atoms in total. The molecular weight excluding hydrogens is 339 g/mol. The van der Waals surface area contributed by atoms with Crippen LogP contribution >= 0.6 is 15.9 Å². The molecule has 1 atom stereocenters. The standard InChI is InChI=1S/C15H16BrFN2O2/c16-11-5-4-10(17)9-13(11)19-8-6-14(20)18-7-2-1-3-12(18)15(19)21/h4-5,9,12H,1-3,6-8H2. The zero-order chi connectivity index (χ0) is 15.0. The summed E-state index contributed by atoms with van der Waals surface area (Å²) in [4.78, 5) is 28.2. The summed E-state index contributed by atoms with van der Waals surface area (Å²) in [5.74, 6) is -0.480. The third-order valence-electron chi connectivity index (χ3n) is 4.12. The van der Waals surface area contributed by atoms with Gasteiger partial charge in [0.1, 0.15) is 11.9 Å². The van der Waals surface area contributed by atoms with Gasteiger partial charge in [-0.15, -0.1) is 0 Å². The summed E-state index contributed by atoms with van der Waals surface area (Å²) in [7, 11) is 0. The number of rotatable bonds is 1. The molecule has 3 rings (SSSR count). The lowest BCUT2D eigenvalue weighted by Crippen LogP contribution is -2.49. The van der Waals surface area contributed by atoms with E-state index in [4.69, 9.17) is 0 Å². The van der Waals surface area contributed by atoms with Crippen molar-refractivity contribution in [2.24, 2.45) is 0 Å². The molecule has 2 amide bonds. The monoisotopic (exact) mass is 354 g/mol. The largest absolute Gasteiger partial charge is 0.331 e. The second kappa shape index (κ2) is 5.75. The SMILES string of the molecule is O=C1C2CCCCN2C(=O)CCN1c1cc(F)ccc1Br. The zero-order valence-electron chi connectivity index (χ0n) is 11.5. The van der Waals surface area contributed by atoms with Crippen LogP contribution in [0.1, 0.15) is 25.7 Å². The number of benzene rings is 1. The number of carbonyl (C=O) groups excluding carboxylic acids is 2. The van der Waals surface area contributed by atoms with Crippen molar-refractivity contribution in [3.63, 3.8) is 0 Å². The lowest BCUT2D eigenvalue weighted by Gasteiger charge is -2.34. The highest BCUT2D eigenvalue weighted by atomic mass is 79.9. The Balaban J connectivity index is 1.97. The Kier molecular flexibility index (Phi) is 3.97. The van der Waals surface area contributed by atoms with E-state index in [2.05, 4.69) is 15.9 Å². The Morgan fingerprint density at radius 1 is 1.19 bits per heavy atom. The minimum atomic E-state index is -0.399. The van der Waals surface area contributed by atoms with Gasteiger partial charge in [0.05, 0.1) is 5.69 Å². The van der Waals surface area contributed by atoms with Gasteiger partial charge >= 0.3 is 0 Å². The van der Waals surface area contributed by atoms with Crippen LogP contribution in [0, 0.1) is 5.82 Å². The normalized spacial score (nSPS) is 23.0. The summed E-state index contributed by atoms with van der Waals surface area (Å²) < 4.78 is 14.2. The number of amides is 2. The summed E-state index contributed by atoms with van der Waals surface area (Å²) in [6, 6.07) is 3.87. The molecule has 0 saturated carbocycles. The molecule has 6 heteroatoms. The fourth-order valence-corrected chi connectivity index (χ4v) is 3.52. The Labute approximate surface area is 131 Å². The second-order valence-electron chi connectivity index (χ2n) is 5.43. The van der Waals surface area contributed by atoms with Crippen molar-refractivity contribution >= 4 is 33.4 Å². The Morgan fingerprint density at radius 2 is 2.00 bits per heavy atom. The smallest absolute Gasteiger partial charge is 0.249 e. The molecule has 2 aliphatic rings. The number of halogens is 2. The summed E-state index contributed by atoms with van der Waals surface area (Å²) in [5, 5.41) is 0. The van der Waals surface area contributed by atoms with Crippen molar-refractivity contribution in [2.45, 2.75) is 31.7 Å². The van der Waals surface area contributed by atoms with Crippen molar-refractivity contribution in [3.05, 3.63) is 28.5 Å². The third kappa shape index (κ3) is 2.69. The molecule has 2 heterocycles. The van der Waals surface area contributed by atoms with E-state index in [1.54, 1.807) is 15.9 Å². The fraction of sp³-hybridized carbons (Fsp3) is 0.467. The topological polar surface area (TPSA) is 40.6 Å². The Hall–Kier alpha value is -1.43. The van der Waals surface area contributed by atoms with Gasteiger partial charge in [0, 0.05) is 24.0 Å². The van der Waals surface area contributed by atoms with Crippen LogP contribution in [0.15, 0.2) is 22.7 Å². The van der Waals surface area contributed by atoms with Crippen molar-refractivity contribution in [1.82, 2.24) is 4.90 Å². The number of fused-ring (bicyclic) bond motifs is 1. The molecule has 2 aliphatic heterocycles. The molecule has 0 N–H and O–H groups in total. The average molecular weight is 355 g/mol. The zero-order valence-corrected chi connectivity index (χ0v) is 13.1. The maximum atomic E-state index is 13.5. The quantitative estimate of drug-likeness (QED) is 0.777. The van der Waals surface area contributed by atoms with Crippen molar-refractivity contribution in [1.29, 1.82) is 0 Å². The summed E-state index contributed by atoms with van der Waals surface area (Å²) in [6.45, 7) is 0.945. The lowest BCUT2D eigenvalue weighted by atomic mass is 10.0. The Bertz CT molecular complexity index is 593. The first-order chi connectivity index (χ1) is 10.1. The van der Waals surface area contributed by atoms with Crippen molar-refractivity contribution in [2.75, 3.05) is 18.0 Å². The van der Waals surface area contributed by atoms with E-state index in [1.165, 1.54) is 12.1 Å². The maximum Gasteiger partial charge on any atom is 0.249 e. The van der Waals surface area contributed by atoms with Gasteiger partial charge in [0.2, 0.25) is 11.8 Å².